The summed E-state index contributed by atoms with van der Waals surface area (Å²) in [5.41, 5.74) is -0.0751. The lowest BCUT2D eigenvalue weighted by Gasteiger charge is -2.17. The minimum Gasteiger partial charge on any atom is -0.394 e. The highest BCUT2D eigenvalue weighted by Crippen LogP contribution is 2.19. The first-order chi connectivity index (χ1) is 9.99. The van der Waals surface area contributed by atoms with Gasteiger partial charge in [0.1, 0.15) is 0 Å². The monoisotopic (exact) mass is 306 g/mol. The zero-order valence-corrected chi connectivity index (χ0v) is 11.5. The molecule has 5 nitrogen and oxygen atoms in total. The Hall–Kier alpha value is -1.80. The van der Waals surface area contributed by atoms with Crippen molar-refractivity contribution in [3.8, 4) is 0 Å². The van der Waals surface area contributed by atoms with Gasteiger partial charge in [-0.3, -0.25) is 0 Å². The van der Waals surface area contributed by atoms with E-state index >= 15 is 0 Å². The van der Waals surface area contributed by atoms with Crippen LogP contribution >= 0.6 is 0 Å². The largest absolute Gasteiger partial charge is 0.394 e. The molecule has 0 saturated carbocycles. The molecule has 21 heavy (non-hydrogen) atoms. The van der Waals surface area contributed by atoms with Crippen molar-refractivity contribution < 1.29 is 27.8 Å². The highest BCUT2D eigenvalue weighted by Gasteiger charge is 2.18. The molecule has 0 saturated heterocycles. The van der Waals surface area contributed by atoms with Crippen LogP contribution in [0.3, 0.4) is 0 Å². The minimum absolute atomic E-state index is 0.0751. The molecule has 0 aliphatic carbocycles. The highest BCUT2D eigenvalue weighted by atomic mass is 19.2. The van der Waals surface area contributed by atoms with Crippen molar-refractivity contribution in [2.45, 2.75) is 13.0 Å². The molecule has 0 radical (unpaired) electrons. The third-order valence-electron chi connectivity index (χ3n) is 2.63. The fourth-order valence-electron chi connectivity index (χ4n) is 1.60. The van der Waals surface area contributed by atoms with Crippen molar-refractivity contribution >= 4 is 6.03 Å². The summed E-state index contributed by atoms with van der Waals surface area (Å²) in [5.74, 6) is -4.37. The molecule has 0 fully saturated rings. The Labute approximate surface area is 120 Å². The summed E-state index contributed by atoms with van der Waals surface area (Å²) in [5, 5.41) is 14.0. The maximum absolute atomic E-state index is 13.1. The predicted molar refractivity (Wildman–Crippen MR) is 69.2 cm³/mol. The molecule has 0 bridgehead atoms. The van der Waals surface area contributed by atoms with Crippen LogP contribution in [0.5, 0.6) is 0 Å². The Morgan fingerprint density at radius 2 is 1.95 bits per heavy atom. The van der Waals surface area contributed by atoms with Crippen molar-refractivity contribution in [1.29, 1.82) is 0 Å². The maximum Gasteiger partial charge on any atom is 0.315 e. The average Bonchev–Trinajstić information content (AvgIpc) is 2.46. The van der Waals surface area contributed by atoms with Gasteiger partial charge in [-0.15, -0.1) is 0 Å². The molecular weight excluding hydrogens is 289 g/mol. The molecule has 8 heteroatoms. The third kappa shape index (κ3) is 5.24. The summed E-state index contributed by atoms with van der Waals surface area (Å²) in [6.45, 7) is 2.27. The molecule has 0 aliphatic heterocycles. The Morgan fingerprint density at radius 1 is 1.33 bits per heavy atom. The molecule has 3 N–H and O–H groups in total. The molecule has 1 aromatic rings. The van der Waals surface area contributed by atoms with Crippen molar-refractivity contribution in [3.63, 3.8) is 0 Å². The van der Waals surface area contributed by atoms with E-state index in [1.54, 1.807) is 6.92 Å². The van der Waals surface area contributed by atoms with E-state index in [0.717, 1.165) is 12.1 Å². The fraction of sp³-hybridized carbons (Fsp3) is 0.462. The Kier molecular flexibility index (Phi) is 6.97. The Bertz CT molecular complexity index is 463. The van der Waals surface area contributed by atoms with Crippen molar-refractivity contribution in [1.82, 2.24) is 10.6 Å². The number of rotatable bonds is 7. The predicted octanol–water partition coefficient (Wildman–Crippen LogP) is 1.47. The van der Waals surface area contributed by atoms with Crippen molar-refractivity contribution in [3.05, 3.63) is 35.1 Å². The van der Waals surface area contributed by atoms with E-state index in [0.29, 0.717) is 13.2 Å². The first kappa shape index (κ1) is 17.3. The summed E-state index contributed by atoms with van der Waals surface area (Å²) in [4.78, 5) is 11.5. The molecule has 0 spiro atoms. The van der Waals surface area contributed by atoms with Crippen LogP contribution in [-0.4, -0.2) is 37.5 Å². The molecular formula is C13H17F3N2O3. The number of aliphatic hydroxyl groups excluding tert-OH is 1. The highest BCUT2D eigenvalue weighted by molar-refractivity contribution is 5.74. The summed E-state index contributed by atoms with van der Waals surface area (Å²) in [6, 6.07) is -0.250. The molecule has 0 aromatic heterocycles. The lowest BCUT2D eigenvalue weighted by atomic mass is 10.1. The lowest BCUT2D eigenvalue weighted by Crippen LogP contribution is -2.40. The van der Waals surface area contributed by atoms with Gasteiger partial charge in [0.15, 0.2) is 17.5 Å². The van der Waals surface area contributed by atoms with Gasteiger partial charge in [0.25, 0.3) is 0 Å². The summed E-state index contributed by atoms with van der Waals surface area (Å²) >= 11 is 0. The number of carbonyl (C=O) groups is 1. The number of aliphatic hydroxyl groups is 1. The second-order valence-electron chi connectivity index (χ2n) is 4.13. The molecule has 1 rings (SSSR count). The van der Waals surface area contributed by atoms with Crippen LogP contribution in [0.4, 0.5) is 18.0 Å². The zero-order valence-electron chi connectivity index (χ0n) is 11.5. The van der Waals surface area contributed by atoms with Crippen LogP contribution in [0.25, 0.3) is 0 Å². The van der Waals surface area contributed by atoms with E-state index in [4.69, 9.17) is 4.74 Å². The molecule has 0 heterocycles. The SMILES string of the molecule is CCOCCNC(=O)NC(CO)c1cc(F)c(F)c(F)c1. The van der Waals surface area contributed by atoms with E-state index in [2.05, 4.69) is 10.6 Å². The van der Waals surface area contributed by atoms with E-state index in [9.17, 15) is 23.1 Å². The number of benzene rings is 1. The van der Waals surface area contributed by atoms with E-state index in [1.165, 1.54) is 0 Å². The van der Waals surface area contributed by atoms with Crippen LogP contribution in [-0.2, 0) is 4.74 Å². The number of amides is 2. The number of halogens is 3. The topological polar surface area (TPSA) is 70.6 Å². The standard InChI is InChI=1S/C13H17F3N2O3/c1-2-21-4-3-17-13(20)18-11(7-19)8-5-9(14)12(16)10(15)6-8/h5-6,11,19H,2-4,7H2,1H3,(H2,17,18,20). The van der Waals surface area contributed by atoms with Gasteiger partial charge in [-0.2, -0.15) is 0 Å². The van der Waals surface area contributed by atoms with Crippen molar-refractivity contribution in [2.24, 2.45) is 0 Å². The number of hydrogen-bond donors (Lipinski definition) is 3. The van der Waals surface area contributed by atoms with Crippen LogP contribution in [0.15, 0.2) is 12.1 Å². The van der Waals surface area contributed by atoms with Gasteiger partial charge in [0, 0.05) is 13.2 Å². The first-order valence-corrected chi connectivity index (χ1v) is 6.37. The van der Waals surface area contributed by atoms with Gasteiger partial charge < -0.3 is 20.5 Å². The smallest absolute Gasteiger partial charge is 0.315 e. The second-order valence-corrected chi connectivity index (χ2v) is 4.13. The molecule has 2 amide bonds. The fourth-order valence-corrected chi connectivity index (χ4v) is 1.60. The molecule has 1 atom stereocenters. The van der Waals surface area contributed by atoms with Gasteiger partial charge in [-0.05, 0) is 24.6 Å². The maximum atomic E-state index is 13.1. The van der Waals surface area contributed by atoms with Crippen LogP contribution < -0.4 is 10.6 Å². The lowest BCUT2D eigenvalue weighted by molar-refractivity contribution is 0.149. The van der Waals surface area contributed by atoms with Crippen LogP contribution in [0.1, 0.15) is 18.5 Å². The van der Waals surface area contributed by atoms with Crippen molar-refractivity contribution in [2.75, 3.05) is 26.4 Å². The Morgan fingerprint density at radius 3 is 2.48 bits per heavy atom. The van der Waals surface area contributed by atoms with Gasteiger partial charge in [0.2, 0.25) is 0 Å². The summed E-state index contributed by atoms with van der Waals surface area (Å²) < 4.78 is 44.1. The van der Waals surface area contributed by atoms with Crippen LogP contribution in [0.2, 0.25) is 0 Å². The first-order valence-electron chi connectivity index (χ1n) is 6.37. The quantitative estimate of drug-likeness (QED) is 0.528. The second kappa shape index (κ2) is 8.48. The van der Waals surface area contributed by atoms with E-state index < -0.39 is 36.1 Å². The summed E-state index contributed by atoms with van der Waals surface area (Å²) in [6.07, 6.45) is 0. The zero-order chi connectivity index (χ0) is 15.8. The summed E-state index contributed by atoms with van der Waals surface area (Å²) in [7, 11) is 0. The van der Waals surface area contributed by atoms with Gasteiger partial charge in [-0.1, -0.05) is 0 Å². The molecule has 0 aliphatic rings. The van der Waals surface area contributed by atoms with E-state index in [-0.39, 0.29) is 12.1 Å². The normalized spacial score (nSPS) is 12.0. The number of carbonyl (C=O) groups excluding carboxylic acids is 1. The number of urea groups is 1. The Balaban J connectivity index is 2.64. The van der Waals surface area contributed by atoms with Gasteiger partial charge >= 0.3 is 6.03 Å². The number of ether oxygens (including phenoxy) is 1. The average molecular weight is 306 g/mol. The van der Waals surface area contributed by atoms with Gasteiger partial charge in [0.05, 0.1) is 19.3 Å². The van der Waals surface area contributed by atoms with Gasteiger partial charge in [-0.25, -0.2) is 18.0 Å². The molecule has 118 valence electrons. The molecule has 1 aromatic carbocycles. The number of nitrogens with one attached hydrogen (secondary N) is 2. The molecule has 1 unspecified atom stereocenters. The minimum atomic E-state index is -1.60. The third-order valence-corrected chi connectivity index (χ3v) is 2.63. The van der Waals surface area contributed by atoms with Crippen LogP contribution in [0, 0.1) is 17.5 Å². The number of hydrogen-bond acceptors (Lipinski definition) is 3. The van der Waals surface area contributed by atoms with E-state index in [1.807, 2.05) is 0 Å².